The van der Waals surface area contributed by atoms with E-state index in [4.69, 9.17) is 19.3 Å². The van der Waals surface area contributed by atoms with E-state index in [9.17, 15) is 24.3 Å². The highest BCUT2D eigenvalue weighted by atomic mass is 16.6. The lowest BCUT2D eigenvalue weighted by atomic mass is 9.45. The number of rotatable bonds is 5. The zero-order valence-electron chi connectivity index (χ0n) is 20.0. The van der Waals surface area contributed by atoms with Crippen molar-refractivity contribution >= 4 is 23.7 Å². The summed E-state index contributed by atoms with van der Waals surface area (Å²) in [6.07, 6.45) is 3.88. The molecule has 3 fully saturated rings. The van der Waals surface area contributed by atoms with Crippen molar-refractivity contribution in [2.45, 2.75) is 64.6 Å². The van der Waals surface area contributed by atoms with Gasteiger partial charge >= 0.3 is 17.9 Å². The minimum absolute atomic E-state index is 0.0576. The van der Waals surface area contributed by atoms with Gasteiger partial charge in [-0.3, -0.25) is 9.59 Å². The molecule has 0 aliphatic heterocycles. The van der Waals surface area contributed by atoms with Crippen molar-refractivity contribution in [1.82, 2.24) is 0 Å². The average Bonchev–Trinajstić information content (AvgIpc) is 3.11. The lowest BCUT2D eigenvalue weighted by Crippen LogP contribution is -2.60. The van der Waals surface area contributed by atoms with Gasteiger partial charge in [0.2, 0.25) is 0 Å². The number of aliphatic hydroxyl groups excluding tert-OH is 2. The predicted molar refractivity (Wildman–Crippen MR) is 117 cm³/mol. The number of esters is 3. The van der Waals surface area contributed by atoms with Crippen LogP contribution in [0.15, 0.2) is 11.6 Å². The van der Waals surface area contributed by atoms with Gasteiger partial charge in [0.25, 0.3) is 0 Å². The van der Waals surface area contributed by atoms with E-state index in [1.807, 2.05) is 13.0 Å². The highest BCUT2D eigenvalue weighted by Crippen LogP contribution is 2.66. The van der Waals surface area contributed by atoms with Crippen LogP contribution in [-0.2, 0) is 33.4 Å². The summed E-state index contributed by atoms with van der Waals surface area (Å²) >= 11 is 0. The standard InChI is InChI=1S/C25H34O9/c1-24-7-6-14(33-19(29)11-26)8-13(24)9-15(23(31)32-3)21-16-4-5-18(28)25(16,2)10-17(22(21)24)34-20(30)12-27/h9,14-17,21-22,26-27H,4-8,10-12H2,1-3H3/t14-,15+,16?,17+,21?,22?,24-,25-/m0/s1. The molecule has 3 unspecified atom stereocenters. The number of aliphatic hydroxyl groups is 2. The summed E-state index contributed by atoms with van der Waals surface area (Å²) < 4.78 is 16.3. The van der Waals surface area contributed by atoms with Crippen LogP contribution in [0.1, 0.15) is 52.4 Å². The van der Waals surface area contributed by atoms with Crippen LogP contribution >= 0.6 is 0 Å². The lowest BCUT2D eigenvalue weighted by Gasteiger charge is -2.60. The first-order valence-corrected chi connectivity index (χ1v) is 12.0. The minimum Gasteiger partial charge on any atom is -0.469 e. The van der Waals surface area contributed by atoms with Crippen LogP contribution in [-0.4, -0.2) is 66.4 Å². The van der Waals surface area contributed by atoms with E-state index in [0.717, 1.165) is 5.57 Å². The molecule has 0 aromatic heterocycles. The van der Waals surface area contributed by atoms with E-state index in [0.29, 0.717) is 38.5 Å². The summed E-state index contributed by atoms with van der Waals surface area (Å²) in [7, 11) is 1.33. The SMILES string of the molecule is COC(=O)[C@@H]1C=C2C[C@@H](OC(=O)CO)CC[C@]2(C)C2C1C1CCC(=O)[C@@]1(C)C[C@H]2OC(=O)CO. The molecule has 34 heavy (non-hydrogen) atoms. The molecule has 4 aliphatic carbocycles. The van der Waals surface area contributed by atoms with Crippen LogP contribution in [0.25, 0.3) is 0 Å². The van der Waals surface area contributed by atoms with Crippen LogP contribution in [0, 0.1) is 34.5 Å². The van der Waals surface area contributed by atoms with Crippen molar-refractivity contribution in [3.8, 4) is 0 Å². The second-order valence-corrected chi connectivity index (χ2v) is 10.7. The van der Waals surface area contributed by atoms with Crippen LogP contribution in [0.3, 0.4) is 0 Å². The third-order valence-corrected chi connectivity index (χ3v) is 9.05. The second kappa shape index (κ2) is 9.07. The fourth-order valence-corrected chi connectivity index (χ4v) is 7.51. The first-order chi connectivity index (χ1) is 16.1. The third-order valence-electron chi connectivity index (χ3n) is 9.05. The van der Waals surface area contributed by atoms with E-state index < -0.39 is 60.1 Å². The number of hydrogen-bond acceptors (Lipinski definition) is 9. The molecular formula is C25H34O9. The largest absolute Gasteiger partial charge is 0.469 e. The summed E-state index contributed by atoms with van der Waals surface area (Å²) in [6, 6.07) is 0. The fourth-order valence-electron chi connectivity index (χ4n) is 7.51. The number of ether oxygens (including phenoxy) is 3. The highest BCUT2D eigenvalue weighted by Gasteiger charge is 2.66. The van der Waals surface area contributed by atoms with Gasteiger partial charge in [0, 0.05) is 24.2 Å². The van der Waals surface area contributed by atoms with Gasteiger partial charge in [-0.2, -0.15) is 0 Å². The van der Waals surface area contributed by atoms with Gasteiger partial charge in [-0.15, -0.1) is 0 Å². The van der Waals surface area contributed by atoms with Crippen LogP contribution in [0.4, 0.5) is 0 Å². The van der Waals surface area contributed by atoms with Crippen molar-refractivity contribution in [1.29, 1.82) is 0 Å². The molecule has 9 nitrogen and oxygen atoms in total. The van der Waals surface area contributed by atoms with Crippen LogP contribution in [0.5, 0.6) is 0 Å². The topological polar surface area (TPSA) is 136 Å². The predicted octanol–water partition coefficient (Wildman–Crippen LogP) is 1.34. The summed E-state index contributed by atoms with van der Waals surface area (Å²) in [6.45, 7) is 2.54. The number of carbonyl (C=O) groups is 4. The summed E-state index contributed by atoms with van der Waals surface area (Å²) in [5.41, 5.74) is -0.238. The van der Waals surface area contributed by atoms with Gasteiger partial charge in [0.05, 0.1) is 13.0 Å². The Morgan fingerprint density at radius 1 is 1.06 bits per heavy atom. The molecule has 3 saturated carbocycles. The molecule has 0 radical (unpaired) electrons. The second-order valence-electron chi connectivity index (χ2n) is 10.7. The van der Waals surface area contributed by atoms with Gasteiger partial charge in [-0.25, -0.2) is 9.59 Å². The molecule has 0 aromatic rings. The smallest absolute Gasteiger partial charge is 0.332 e. The molecular weight excluding hydrogens is 444 g/mol. The van der Waals surface area contributed by atoms with Crippen molar-refractivity contribution in [3.05, 3.63) is 11.6 Å². The van der Waals surface area contributed by atoms with E-state index in [2.05, 4.69) is 6.92 Å². The molecule has 4 rings (SSSR count). The lowest BCUT2D eigenvalue weighted by molar-refractivity contribution is -0.186. The van der Waals surface area contributed by atoms with Crippen LogP contribution < -0.4 is 0 Å². The fraction of sp³-hybridized carbons (Fsp3) is 0.760. The number of Topliss-reactive ketones (excluding diaryl/α,β-unsaturated/α-hetero) is 1. The van der Waals surface area contributed by atoms with Gasteiger partial charge in [-0.1, -0.05) is 25.5 Å². The van der Waals surface area contributed by atoms with Crippen molar-refractivity contribution < 1.29 is 43.6 Å². The van der Waals surface area contributed by atoms with Crippen molar-refractivity contribution in [2.75, 3.05) is 20.3 Å². The van der Waals surface area contributed by atoms with E-state index in [-0.39, 0.29) is 23.5 Å². The highest BCUT2D eigenvalue weighted by molar-refractivity contribution is 5.88. The maximum Gasteiger partial charge on any atom is 0.332 e. The van der Waals surface area contributed by atoms with E-state index in [1.165, 1.54) is 7.11 Å². The average molecular weight is 479 g/mol. The van der Waals surface area contributed by atoms with E-state index >= 15 is 0 Å². The molecule has 0 bridgehead atoms. The molecule has 0 saturated heterocycles. The summed E-state index contributed by atoms with van der Waals surface area (Å²) in [4.78, 5) is 50.0. The number of ketones is 1. The minimum atomic E-state index is -0.763. The Hall–Kier alpha value is -2.26. The Morgan fingerprint density at radius 2 is 1.74 bits per heavy atom. The van der Waals surface area contributed by atoms with Crippen molar-refractivity contribution in [2.24, 2.45) is 34.5 Å². The molecule has 0 aromatic carbocycles. The normalized spacial score (nSPS) is 40.9. The first kappa shape index (κ1) is 24.9. The van der Waals surface area contributed by atoms with Gasteiger partial charge in [-0.05, 0) is 42.9 Å². The molecule has 0 amide bonds. The third kappa shape index (κ3) is 3.86. The number of fused-ring (bicyclic) bond motifs is 5. The molecule has 0 spiro atoms. The monoisotopic (exact) mass is 478 g/mol. The number of hydrogen-bond donors (Lipinski definition) is 2. The zero-order valence-corrected chi connectivity index (χ0v) is 20.0. The number of methoxy groups -OCH3 is 1. The number of carbonyl (C=O) groups excluding carboxylic acids is 4. The zero-order chi connectivity index (χ0) is 24.8. The summed E-state index contributed by atoms with van der Waals surface area (Å²) in [5, 5.41) is 18.5. The van der Waals surface area contributed by atoms with Gasteiger partial charge < -0.3 is 24.4 Å². The van der Waals surface area contributed by atoms with Gasteiger partial charge in [0.15, 0.2) is 0 Å². The van der Waals surface area contributed by atoms with Crippen molar-refractivity contribution in [3.63, 3.8) is 0 Å². The van der Waals surface area contributed by atoms with Crippen LogP contribution in [0.2, 0.25) is 0 Å². The molecule has 9 heteroatoms. The van der Waals surface area contributed by atoms with E-state index in [1.54, 1.807) is 0 Å². The maximum atomic E-state index is 13.0. The molecule has 4 aliphatic rings. The Morgan fingerprint density at radius 3 is 2.38 bits per heavy atom. The maximum absolute atomic E-state index is 13.0. The molecule has 0 heterocycles. The Bertz CT molecular complexity index is 910. The molecule has 8 atom stereocenters. The quantitative estimate of drug-likeness (QED) is 0.341. The van der Waals surface area contributed by atoms with Gasteiger partial charge in [0.1, 0.15) is 31.2 Å². The Kier molecular flexibility index (Phi) is 6.63. The molecule has 188 valence electrons. The first-order valence-electron chi connectivity index (χ1n) is 12.0. The Labute approximate surface area is 198 Å². The Balaban J connectivity index is 1.80. The summed E-state index contributed by atoms with van der Waals surface area (Å²) in [5.74, 6) is -2.95. The molecule has 2 N–H and O–H groups in total.